The van der Waals surface area contributed by atoms with E-state index in [0.717, 1.165) is 16.0 Å². The standard InChI is InChI=1S/C28H24Cl2N2O6/c1-15-5-6-18(9-16(15)2)14-38-23-8-7-17(11-20(23)29)10-19-26(33)31-28(35)32(27(19)34)22-13-24(36-3)21(30)12-25(22)37-4/h5-13H,14H2,1-4H3,(H,31,33,35)/b19-10+. The lowest BCUT2D eigenvalue weighted by atomic mass is 10.1. The van der Waals surface area contributed by atoms with Gasteiger partial charge in [-0.3, -0.25) is 14.9 Å². The highest BCUT2D eigenvalue weighted by Crippen LogP contribution is 2.39. The molecular weight excluding hydrogens is 531 g/mol. The Bertz CT molecular complexity index is 1480. The van der Waals surface area contributed by atoms with Crippen LogP contribution >= 0.6 is 23.2 Å². The van der Waals surface area contributed by atoms with Gasteiger partial charge in [-0.2, -0.15) is 0 Å². The van der Waals surface area contributed by atoms with Gasteiger partial charge >= 0.3 is 6.03 Å². The smallest absolute Gasteiger partial charge is 0.336 e. The van der Waals surface area contributed by atoms with Gasteiger partial charge in [-0.1, -0.05) is 47.5 Å². The van der Waals surface area contributed by atoms with Gasteiger partial charge in [-0.25, -0.2) is 9.69 Å². The average molecular weight is 555 g/mol. The molecule has 1 N–H and O–H groups in total. The highest BCUT2D eigenvalue weighted by atomic mass is 35.5. The maximum absolute atomic E-state index is 13.4. The van der Waals surface area contributed by atoms with Gasteiger partial charge in [0.25, 0.3) is 11.8 Å². The van der Waals surface area contributed by atoms with Crippen molar-refractivity contribution in [3.05, 3.63) is 86.4 Å². The van der Waals surface area contributed by atoms with Gasteiger partial charge in [0.15, 0.2) is 0 Å². The Labute approximate surface area is 229 Å². The molecule has 1 aliphatic heterocycles. The summed E-state index contributed by atoms with van der Waals surface area (Å²) in [5.74, 6) is -0.897. The number of imide groups is 2. The van der Waals surface area contributed by atoms with Crippen LogP contribution in [-0.4, -0.2) is 32.1 Å². The molecule has 4 amide bonds. The molecule has 3 aromatic rings. The number of nitrogens with zero attached hydrogens (tertiary/aromatic N) is 1. The average Bonchev–Trinajstić information content (AvgIpc) is 2.88. The largest absolute Gasteiger partial charge is 0.495 e. The molecule has 196 valence electrons. The zero-order valence-electron chi connectivity index (χ0n) is 21.1. The molecule has 8 nitrogen and oxygen atoms in total. The van der Waals surface area contributed by atoms with Crippen molar-refractivity contribution in [3.63, 3.8) is 0 Å². The minimum atomic E-state index is -0.937. The molecule has 10 heteroatoms. The molecule has 1 fully saturated rings. The van der Waals surface area contributed by atoms with Crippen molar-refractivity contribution in [2.75, 3.05) is 19.1 Å². The van der Waals surface area contributed by atoms with Gasteiger partial charge in [-0.05, 0) is 54.3 Å². The van der Waals surface area contributed by atoms with Crippen molar-refractivity contribution >= 4 is 52.8 Å². The second-order valence-corrected chi connectivity index (χ2v) is 9.33. The van der Waals surface area contributed by atoms with E-state index in [0.29, 0.717) is 22.9 Å². The SMILES string of the molecule is COc1cc(N2C(=O)NC(=O)/C(=C\c3ccc(OCc4ccc(C)c(C)c4)c(Cl)c3)C2=O)c(OC)cc1Cl. The summed E-state index contributed by atoms with van der Waals surface area (Å²) in [5, 5.41) is 2.69. The van der Waals surface area contributed by atoms with Gasteiger partial charge in [-0.15, -0.1) is 0 Å². The molecule has 1 aliphatic rings. The van der Waals surface area contributed by atoms with E-state index in [2.05, 4.69) is 5.32 Å². The quantitative estimate of drug-likeness (QED) is 0.290. The van der Waals surface area contributed by atoms with Gasteiger partial charge in [0, 0.05) is 12.1 Å². The highest BCUT2D eigenvalue weighted by Gasteiger charge is 2.38. The lowest BCUT2D eigenvalue weighted by Gasteiger charge is -2.28. The van der Waals surface area contributed by atoms with Gasteiger partial charge in [0.05, 0.1) is 30.0 Å². The Kier molecular flexibility index (Phi) is 7.94. The predicted molar refractivity (Wildman–Crippen MR) is 145 cm³/mol. The molecule has 0 radical (unpaired) electrons. The number of nitrogens with one attached hydrogen (secondary N) is 1. The summed E-state index contributed by atoms with van der Waals surface area (Å²) in [4.78, 5) is 39.4. The molecule has 3 aromatic carbocycles. The lowest BCUT2D eigenvalue weighted by Crippen LogP contribution is -2.54. The minimum absolute atomic E-state index is 0.0581. The van der Waals surface area contributed by atoms with E-state index in [4.69, 9.17) is 37.4 Å². The van der Waals surface area contributed by atoms with E-state index in [1.54, 1.807) is 18.2 Å². The van der Waals surface area contributed by atoms with Crippen molar-refractivity contribution in [1.82, 2.24) is 5.32 Å². The van der Waals surface area contributed by atoms with Gasteiger partial charge < -0.3 is 14.2 Å². The number of carbonyl (C=O) groups is 3. The normalized spacial score (nSPS) is 14.5. The number of amides is 4. The van der Waals surface area contributed by atoms with Crippen LogP contribution < -0.4 is 24.4 Å². The van der Waals surface area contributed by atoms with E-state index in [1.807, 2.05) is 32.0 Å². The van der Waals surface area contributed by atoms with E-state index in [9.17, 15) is 14.4 Å². The summed E-state index contributed by atoms with van der Waals surface area (Å²) >= 11 is 12.6. The number of methoxy groups -OCH3 is 2. The predicted octanol–water partition coefficient (Wildman–Crippen LogP) is 5.87. The molecule has 1 saturated heterocycles. The second kappa shape index (κ2) is 11.2. The van der Waals surface area contributed by atoms with Crippen molar-refractivity contribution < 1.29 is 28.6 Å². The number of benzene rings is 3. The lowest BCUT2D eigenvalue weighted by molar-refractivity contribution is -0.122. The Balaban J connectivity index is 1.61. The summed E-state index contributed by atoms with van der Waals surface area (Å²) in [6, 6.07) is 12.8. The maximum Gasteiger partial charge on any atom is 0.336 e. The Hall–Kier alpha value is -4.01. The molecule has 0 aromatic heterocycles. The summed E-state index contributed by atoms with van der Waals surface area (Å²) in [5.41, 5.74) is 3.60. The van der Waals surface area contributed by atoms with Crippen LogP contribution in [0, 0.1) is 13.8 Å². The van der Waals surface area contributed by atoms with E-state index >= 15 is 0 Å². The summed E-state index contributed by atoms with van der Waals surface area (Å²) in [7, 11) is 2.75. The Morgan fingerprint density at radius 3 is 2.21 bits per heavy atom. The third-order valence-corrected chi connectivity index (χ3v) is 6.62. The number of barbiturate groups is 1. The minimum Gasteiger partial charge on any atom is -0.495 e. The number of halogens is 2. The second-order valence-electron chi connectivity index (χ2n) is 8.51. The third-order valence-electron chi connectivity index (χ3n) is 6.03. The molecule has 1 heterocycles. The fourth-order valence-electron chi connectivity index (χ4n) is 3.84. The van der Waals surface area contributed by atoms with E-state index in [-0.39, 0.29) is 27.8 Å². The first kappa shape index (κ1) is 27.0. The monoisotopic (exact) mass is 554 g/mol. The molecule has 0 spiro atoms. The summed E-state index contributed by atoms with van der Waals surface area (Å²) < 4.78 is 16.4. The molecule has 38 heavy (non-hydrogen) atoms. The molecule has 4 rings (SSSR count). The number of anilines is 1. The van der Waals surface area contributed by atoms with Crippen LogP contribution in [0.2, 0.25) is 10.0 Å². The van der Waals surface area contributed by atoms with Crippen LogP contribution in [0.4, 0.5) is 10.5 Å². The zero-order chi connectivity index (χ0) is 27.6. The first-order valence-electron chi connectivity index (χ1n) is 11.4. The number of urea groups is 1. The summed E-state index contributed by atoms with van der Waals surface area (Å²) in [6.07, 6.45) is 1.34. The Morgan fingerprint density at radius 1 is 0.842 bits per heavy atom. The Morgan fingerprint density at radius 2 is 1.55 bits per heavy atom. The molecule has 0 atom stereocenters. The number of hydrogen-bond acceptors (Lipinski definition) is 6. The van der Waals surface area contributed by atoms with E-state index in [1.165, 1.54) is 38.0 Å². The first-order chi connectivity index (χ1) is 18.1. The van der Waals surface area contributed by atoms with Crippen LogP contribution in [0.3, 0.4) is 0 Å². The highest BCUT2D eigenvalue weighted by molar-refractivity contribution is 6.40. The van der Waals surface area contributed by atoms with Crippen LogP contribution in [0.5, 0.6) is 17.2 Å². The van der Waals surface area contributed by atoms with Crippen LogP contribution in [0.1, 0.15) is 22.3 Å². The van der Waals surface area contributed by atoms with Crippen molar-refractivity contribution in [2.24, 2.45) is 0 Å². The van der Waals surface area contributed by atoms with Crippen LogP contribution in [0.25, 0.3) is 6.08 Å². The van der Waals surface area contributed by atoms with E-state index < -0.39 is 17.8 Å². The van der Waals surface area contributed by atoms with Crippen LogP contribution in [-0.2, 0) is 16.2 Å². The molecule has 0 unspecified atom stereocenters. The molecule has 0 saturated carbocycles. The number of rotatable bonds is 7. The molecular formula is C28H24Cl2N2O6. The molecule has 0 aliphatic carbocycles. The fourth-order valence-corrected chi connectivity index (χ4v) is 4.31. The topological polar surface area (TPSA) is 94.2 Å². The zero-order valence-corrected chi connectivity index (χ0v) is 22.6. The molecule has 0 bridgehead atoms. The first-order valence-corrected chi connectivity index (χ1v) is 12.2. The van der Waals surface area contributed by atoms with Crippen molar-refractivity contribution in [3.8, 4) is 17.2 Å². The van der Waals surface area contributed by atoms with Gasteiger partial charge in [0.1, 0.15) is 29.4 Å². The fraction of sp³-hybridized carbons (Fsp3) is 0.179. The number of ether oxygens (including phenoxy) is 3. The number of carbonyl (C=O) groups excluding carboxylic acids is 3. The number of hydrogen-bond donors (Lipinski definition) is 1. The van der Waals surface area contributed by atoms with Gasteiger partial charge in [0.2, 0.25) is 0 Å². The third kappa shape index (κ3) is 5.46. The maximum atomic E-state index is 13.4. The van der Waals surface area contributed by atoms with Crippen LogP contribution in [0.15, 0.2) is 54.1 Å². The van der Waals surface area contributed by atoms with Crippen molar-refractivity contribution in [2.45, 2.75) is 20.5 Å². The van der Waals surface area contributed by atoms with Crippen molar-refractivity contribution in [1.29, 1.82) is 0 Å². The summed E-state index contributed by atoms with van der Waals surface area (Å²) in [6.45, 7) is 4.40. The number of aryl methyl sites for hydroxylation is 2.